The van der Waals surface area contributed by atoms with E-state index < -0.39 is 18.0 Å². The second-order valence-corrected chi connectivity index (χ2v) is 6.96. The predicted octanol–water partition coefficient (Wildman–Crippen LogP) is 3.88. The number of carbonyl (C=O) groups excluding carboxylic acids is 3. The van der Waals surface area contributed by atoms with Gasteiger partial charge in [-0.2, -0.15) is 5.10 Å². The molecule has 7 heteroatoms. The number of hydrogen-bond acceptors (Lipinski definition) is 5. The molecule has 1 N–H and O–H groups in total. The average Bonchev–Trinajstić information content (AvgIpc) is 3.03. The Hall–Kier alpha value is -3.74. The summed E-state index contributed by atoms with van der Waals surface area (Å²) in [5, 5.41) is 7.11. The van der Waals surface area contributed by atoms with Crippen molar-refractivity contribution in [2.75, 3.05) is 5.32 Å². The van der Waals surface area contributed by atoms with Gasteiger partial charge in [0.05, 0.1) is 17.1 Å². The molecular weight excluding hydrogens is 382 g/mol. The normalized spacial score (nSPS) is 11.6. The number of amides is 1. The van der Waals surface area contributed by atoms with Crippen molar-refractivity contribution in [3.63, 3.8) is 0 Å². The Morgan fingerprint density at radius 1 is 1.00 bits per heavy atom. The van der Waals surface area contributed by atoms with Crippen LogP contribution in [0.2, 0.25) is 0 Å². The zero-order valence-corrected chi connectivity index (χ0v) is 17.3. The number of rotatable bonds is 6. The summed E-state index contributed by atoms with van der Waals surface area (Å²) in [6.45, 7) is 6.48. The van der Waals surface area contributed by atoms with Crippen LogP contribution in [-0.4, -0.2) is 33.5 Å². The molecule has 0 saturated carbocycles. The van der Waals surface area contributed by atoms with E-state index in [0.29, 0.717) is 28.2 Å². The van der Waals surface area contributed by atoms with Gasteiger partial charge in [-0.15, -0.1) is 0 Å². The van der Waals surface area contributed by atoms with Gasteiger partial charge in [0, 0.05) is 11.3 Å². The molecule has 0 spiro atoms. The number of anilines is 1. The zero-order valence-electron chi connectivity index (χ0n) is 17.3. The van der Waals surface area contributed by atoms with Crippen LogP contribution in [0.25, 0.3) is 5.69 Å². The van der Waals surface area contributed by atoms with Gasteiger partial charge < -0.3 is 10.1 Å². The maximum atomic E-state index is 12.7. The molecular formula is C23H23N3O4. The maximum absolute atomic E-state index is 12.7. The smallest absolute Gasteiger partial charge is 0.342 e. The number of para-hydroxylation sites is 1. The SMILES string of the molecule is CC(=O)c1ccc(NC(=O)[C@H](C)OC(=O)c2c(C)nn(-c3ccccc3)c2C)cc1. The molecule has 154 valence electrons. The Bertz CT molecular complexity index is 1090. The Balaban J connectivity index is 1.70. The minimum Gasteiger partial charge on any atom is -0.449 e. The number of nitrogens with zero attached hydrogens (tertiary/aromatic N) is 2. The molecule has 1 atom stereocenters. The zero-order chi connectivity index (χ0) is 21.8. The maximum Gasteiger partial charge on any atom is 0.342 e. The fraction of sp³-hybridized carbons (Fsp3) is 0.217. The molecule has 3 aromatic rings. The lowest BCUT2D eigenvalue weighted by molar-refractivity contribution is -0.123. The van der Waals surface area contributed by atoms with Gasteiger partial charge in [-0.1, -0.05) is 18.2 Å². The largest absolute Gasteiger partial charge is 0.449 e. The van der Waals surface area contributed by atoms with E-state index in [9.17, 15) is 14.4 Å². The lowest BCUT2D eigenvalue weighted by atomic mass is 10.1. The van der Waals surface area contributed by atoms with Gasteiger partial charge in [-0.05, 0) is 64.1 Å². The lowest BCUT2D eigenvalue weighted by Gasteiger charge is -2.14. The Morgan fingerprint density at radius 3 is 2.23 bits per heavy atom. The van der Waals surface area contributed by atoms with E-state index in [0.717, 1.165) is 5.69 Å². The number of esters is 1. The number of nitrogens with one attached hydrogen (secondary N) is 1. The van der Waals surface area contributed by atoms with Gasteiger partial charge in [0.2, 0.25) is 0 Å². The number of benzene rings is 2. The van der Waals surface area contributed by atoms with Crippen LogP contribution in [0.5, 0.6) is 0 Å². The summed E-state index contributed by atoms with van der Waals surface area (Å²) in [6, 6.07) is 16.0. The number of ketones is 1. The Kier molecular flexibility index (Phi) is 6.11. The quantitative estimate of drug-likeness (QED) is 0.497. The van der Waals surface area contributed by atoms with Crippen LogP contribution in [0, 0.1) is 13.8 Å². The second-order valence-electron chi connectivity index (χ2n) is 6.96. The van der Waals surface area contributed by atoms with Gasteiger partial charge in [0.1, 0.15) is 5.56 Å². The van der Waals surface area contributed by atoms with E-state index in [1.54, 1.807) is 42.8 Å². The van der Waals surface area contributed by atoms with Gasteiger partial charge >= 0.3 is 5.97 Å². The predicted molar refractivity (Wildman–Crippen MR) is 113 cm³/mol. The van der Waals surface area contributed by atoms with Gasteiger partial charge in [-0.3, -0.25) is 9.59 Å². The van der Waals surface area contributed by atoms with E-state index in [-0.39, 0.29) is 5.78 Å². The summed E-state index contributed by atoms with van der Waals surface area (Å²) in [4.78, 5) is 36.5. The van der Waals surface area contributed by atoms with Crippen molar-refractivity contribution in [1.29, 1.82) is 0 Å². The number of aromatic nitrogens is 2. The van der Waals surface area contributed by atoms with E-state index in [2.05, 4.69) is 10.4 Å². The highest BCUT2D eigenvalue weighted by Crippen LogP contribution is 2.19. The molecule has 1 aromatic heterocycles. The monoisotopic (exact) mass is 405 g/mol. The van der Waals surface area contributed by atoms with Crippen LogP contribution >= 0.6 is 0 Å². The molecule has 0 aliphatic rings. The second kappa shape index (κ2) is 8.73. The highest BCUT2D eigenvalue weighted by atomic mass is 16.5. The first-order chi connectivity index (χ1) is 14.3. The van der Waals surface area contributed by atoms with Crippen LogP contribution in [0.4, 0.5) is 5.69 Å². The van der Waals surface area contributed by atoms with Gasteiger partial charge in [-0.25, -0.2) is 9.48 Å². The molecule has 2 aromatic carbocycles. The standard InChI is InChI=1S/C23H23N3O4/c1-14-21(15(2)26(25-14)20-8-6-5-7-9-20)23(29)30-17(4)22(28)24-19-12-10-18(11-13-19)16(3)27/h5-13,17H,1-4H3,(H,24,28)/t17-/m0/s1. The topological polar surface area (TPSA) is 90.3 Å². The summed E-state index contributed by atoms with van der Waals surface area (Å²) in [5.41, 5.74) is 3.39. The third-order valence-corrected chi connectivity index (χ3v) is 4.71. The van der Waals surface area contributed by atoms with Crippen molar-refractivity contribution in [3.05, 3.63) is 77.1 Å². The molecule has 0 fully saturated rings. The Morgan fingerprint density at radius 2 is 1.63 bits per heavy atom. The van der Waals surface area contributed by atoms with E-state index in [1.807, 2.05) is 30.3 Å². The van der Waals surface area contributed by atoms with Crippen molar-refractivity contribution in [3.8, 4) is 5.69 Å². The van der Waals surface area contributed by atoms with Crippen LogP contribution in [0.1, 0.15) is 46.0 Å². The van der Waals surface area contributed by atoms with Crippen LogP contribution in [0.15, 0.2) is 54.6 Å². The summed E-state index contributed by atoms with van der Waals surface area (Å²) in [6.07, 6.45) is -1.01. The molecule has 3 rings (SSSR count). The molecule has 7 nitrogen and oxygen atoms in total. The van der Waals surface area contributed by atoms with Crippen molar-refractivity contribution < 1.29 is 19.1 Å². The molecule has 0 aliphatic heterocycles. The molecule has 0 unspecified atom stereocenters. The third kappa shape index (κ3) is 4.46. The fourth-order valence-corrected chi connectivity index (χ4v) is 3.06. The summed E-state index contributed by atoms with van der Waals surface area (Å²) < 4.78 is 7.06. The number of ether oxygens (including phenoxy) is 1. The molecule has 0 saturated heterocycles. The molecule has 1 heterocycles. The highest BCUT2D eigenvalue weighted by molar-refractivity contribution is 5.99. The van der Waals surface area contributed by atoms with Crippen molar-refractivity contribution in [2.24, 2.45) is 0 Å². The first-order valence-electron chi connectivity index (χ1n) is 9.52. The van der Waals surface area contributed by atoms with Crippen molar-refractivity contribution >= 4 is 23.3 Å². The number of Topliss-reactive ketones (excluding diaryl/α,β-unsaturated/α-hetero) is 1. The highest BCUT2D eigenvalue weighted by Gasteiger charge is 2.25. The number of hydrogen-bond donors (Lipinski definition) is 1. The fourth-order valence-electron chi connectivity index (χ4n) is 3.06. The van der Waals surface area contributed by atoms with Crippen LogP contribution in [-0.2, 0) is 9.53 Å². The third-order valence-electron chi connectivity index (χ3n) is 4.71. The minimum atomic E-state index is -1.01. The first kappa shape index (κ1) is 21.0. The van der Waals surface area contributed by atoms with Crippen LogP contribution < -0.4 is 5.32 Å². The summed E-state index contributed by atoms with van der Waals surface area (Å²) in [7, 11) is 0. The average molecular weight is 405 g/mol. The van der Waals surface area contributed by atoms with Crippen LogP contribution in [0.3, 0.4) is 0 Å². The first-order valence-corrected chi connectivity index (χ1v) is 9.52. The minimum absolute atomic E-state index is 0.0584. The van der Waals surface area contributed by atoms with Gasteiger partial charge in [0.15, 0.2) is 11.9 Å². The molecule has 30 heavy (non-hydrogen) atoms. The van der Waals surface area contributed by atoms with E-state index in [4.69, 9.17) is 4.74 Å². The lowest BCUT2D eigenvalue weighted by Crippen LogP contribution is -2.30. The van der Waals surface area contributed by atoms with E-state index >= 15 is 0 Å². The van der Waals surface area contributed by atoms with E-state index in [1.165, 1.54) is 13.8 Å². The number of carbonyl (C=O) groups is 3. The molecule has 0 bridgehead atoms. The summed E-state index contributed by atoms with van der Waals surface area (Å²) in [5.74, 6) is -1.14. The van der Waals surface area contributed by atoms with Crippen molar-refractivity contribution in [1.82, 2.24) is 9.78 Å². The Labute approximate surface area is 174 Å². The molecule has 1 amide bonds. The molecule has 0 radical (unpaired) electrons. The number of aryl methyl sites for hydroxylation is 1. The summed E-state index contributed by atoms with van der Waals surface area (Å²) >= 11 is 0. The van der Waals surface area contributed by atoms with Gasteiger partial charge in [0.25, 0.3) is 5.91 Å². The van der Waals surface area contributed by atoms with Crippen molar-refractivity contribution in [2.45, 2.75) is 33.8 Å². The molecule has 0 aliphatic carbocycles.